The summed E-state index contributed by atoms with van der Waals surface area (Å²) in [5.74, 6) is -3.65. The number of hydrogen-bond donors (Lipinski definition) is 3. The van der Waals surface area contributed by atoms with Crippen molar-refractivity contribution in [2.75, 3.05) is 5.32 Å². The Hall–Kier alpha value is -2.41. The average Bonchev–Trinajstić information content (AvgIpc) is 2.50. The lowest BCUT2D eigenvalue weighted by atomic mass is 10.2. The first-order chi connectivity index (χ1) is 10.4. The van der Waals surface area contributed by atoms with Crippen molar-refractivity contribution in [1.82, 2.24) is 4.98 Å². The largest absolute Gasteiger partial charge is 0.473 e. The number of carboxylic acids is 2. The minimum Gasteiger partial charge on any atom is -0.473 e. The predicted molar refractivity (Wildman–Crippen MR) is 85.7 cm³/mol. The monoisotopic (exact) mass is 366 g/mol. The van der Waals surface area contributed by atoms with E-state index < -0.39 is 11.9 Å². The molecule has 2 rings (SSSR count). The molecule has 0 radical (unpaired) electrons. The molecule has 0 saturated heterocycles. The number of carboxylic acid groups (broad SMARTS) is 2. The molecule has 0 saturated carbocycles. The van der Waals surface area contributed by atoms with Crippen molar-refractivity contribution in [2.45, 2.75) is 13.5 Å². The van der Waals surface area contributed by atoms with Crippen molar-refractivity contribution in [2.24, 2.45) is 0 Å². The quantitative estimate of drug-likeness (QED) is 0.722. The van der Waals surface area contributed by atoms with Gasteiger partial charge in [-0.05, 0) is 42.8 Å². The lowest BCUT2D eigenvalue weighted by Crippen LogP contribution is -2.09. The molecular formula is C15H15BrN2O4. The summed E-state index contributed by atoms with van der Waals surface area (Å²) < 4.78 is 1.14. The Morgan fingerprint density at radius 1 is 1.18 bits per heavy atom. The molecule has 1 aromatic carbocycles. The van der Waals surface area contributed by atoms with E-state index in [0.717, 1.165) is 22.4 Å². The Labute approximate surface area is 136 Å². The van der Waals surface area contributed by atoms with E-state index in [2.05, 4.69) is 51.4 Å². The molecule has 0 aliphatic carbocycles. The highest BCUT2D eigenvalue weighted by Crippen LogP contribution is 2.20. The number of nitrogens with one attached hydrogen (secondary N) is 1. The molecular weight excluding hydrogens is 352 g/mol. The molecule has 0 atom stereocenters. The first kappa shape index (κ1) is 17.6. The SMILES string of the molecule is Cc1cc(NCc2ccccn2)ccc1Br.O=C(O)C(=O)O. The van der Waals surface area contributed by atoms with Crippen LogP contribution in [0.1, 0.15) is 11.3 Å². The number of aryl methyl sites for hydroxylation is 1. The van der Waals surface area contributed by atoms with Gasteiger partial charge in [-0.1, -0.05) is 22.0 Å². The summed E-state index contributed by atoms with van der Waals surface area (Å²) in [6.07, 6.45) is 1.81. The fourth-order valence-electron chi connectivity index (χ4n) is 1.45. The van der Waals surface area contributed by atoms with Gasteiger partial charge >= 0.3 is 11.9 Å². The summed E-state index contributed by atoms with van der Waals surface area (Å²) in [6, 6.07) is 12.2. The van der Waals surface area contributed by atoms with Gasteiger partial charge in [0.2, 0.25) is 0 Å². The summed E-state index contributed by atoms with van der Waals surface area (Å²) in [6.45, 7) is 2.83. The van der Waals surface area contributed by atoms with E-state index in [0.29, 0.717) is 0 Å². The van der Waals surface area contributed by atoms with Crippen LogP contribution in [0.2, 0.25) is 0 Å². The van der Waals surface area contributed by atoms with Crippen LogP contribution >= 0.6 is 15.9 Å². The minimum atomic E-state index is -1.82. The molecule has 0 unspecified atom stereocenters. The van der Waals surface area contributed by atoms with Crippen LogP contribution in [0.15, 0.2) is 47.1 Å². The van der Waals surface area contributed by atoms with Crippen LogP contribution in [0.5, 0.6) is 0 Å². The third-order valence-electron chi connectivity index (χ3n) is 2.54. The third-order valence-corrected chi connectivity index (χ3v) is 3.43. The van der Waals surface area contributed by atoms with E-state index in [4.69, 9.17) is 19.8 Å². The van der Waals surface area contributed by atoms with Crippen LogP contribution in [0, 0.1) is 6.92 Å². The van der Waals surface area contributed by atoms with Gasteiger partial charge in [0.1, 0.15) is 0 Å². The van der Waals surface area contributed by atoms with Crippen molar-refractivity contribution < 1.29 is 19.8 Å². The number of carbonyl (C=O) groups is 2. The fourth-order valence-corrected chi connectivity index (χ4v) is 1.70. The standard InChI is InChI=1S/C13H13BrN2.C2H2O4/c1-10-8-11(5-6-13(10)14)16-9-12-4-2-3-7-15-12;3-1(4)2(5)6/h2-8,16H,9H2,1H3;(H,3,4)(H,5,6). The molecule has 0 amide bonds. The molecule has 1 aromatic heterocycles. The smallest absolute Gasteiger partial charge is 0.414 e. The maximum Gasteiger partial charge on any atom is 0.414 e. The van der Waals surface area contributed by atoms with Gasteiger partial charge in [0.05, 0.1) is 12.2 Å². The van der Waals surface area contributed by atoms with Crippen molar-refractivity contribution in [3.05, 3.63) is 58.3 Å². The van der Waals surface area contributed by atoms with Crippen molar-refractivity contribution >= 4 is 33.6 Å². The highest BCUT2D eigenvalue weighted by Gasteiger charge is 2.04. The van der Waals surface area contributed by atoms with E-state index in [1.807, 2.05) is 24.4 Å². The summed E-state index contributed by atoms with van der Waals surface area (Å²) in [5.41, 5.74) is 3.39. The second-order valence-corrected chi connectivity index (χ2v) is 5.10. The lowest BCUT2D eigenvalue weighted by Gasteiger charge is -2.07. The van der Waals surface area contributed by atoms with Crippen LogP contribution in [-0.4, -0.2) is 27.1 Å². The number of aromatic nitrogens is 1. The Morgan fingerprint density at radius 3 is 2.36 bits per heavy atom. The van der Waals surface area contributed by atoms with E-state index in [1.165, 1.54) is 5.56 Å². The van der Waals surface area contributed by atoms with Crippen molar-refractivity contribution in [3.63, 3.8) is 0 Å². The zero-order valence-electron chi connectivity index (χ0n) is 11.8. The van der Waals surface area contributed by atoms with Gasteiger partial charge < -0.3 is 15.5 Å². The number of aliphatic carboxylic acids is 2. The highest BCUT2D eigenvalue weighted by molar-refractivity contribution is 9.10. The highest BCUT2D eigenvalue weighted by atomic mass is 79.9. The van der Waals surface area contributed by atoms with E-state index >= 15 is 0 Å². The van der Waals surface area contributed by atoms with Gasteiger partial charge in [-0.25, -0.2) is 9.59 Å². The summed E-state index contributed by atoms with van der Waals surface area (Å²) >= 11 is 3.49. The molecule has 116 valence electrons. The third kappa shape index (κ3) is 6.36. The van der Waals surface area contributed by atoms with Crippen molar-refractivity contribution in [3.8, 4) is 0 Å². The topological polar surface area (TPSA) is 99.5 Å². The van der Waals surface area contributed by atoms with Crippen LogP contribution in [0.3, 0.4) is 0 Å². The number of halogens is 1. The summed E-state index contributed by atoms with van der Waals surface area (Å²) in [5, 5.41) is 18.1. The molecule has 3 N–H and O–H groups in total. The molecule has 0 aliphatic heterocycles. The van der Waals surface area contributed by atoms with E-state index in [9.17, 15) is 0 Å². The molecule has 0 fully saturated rings. The average molecular weight is 367 g/mol. The lowest BCUT2D eigenvalue weighted by molar-refractivity contribution is -0.159. The van der Waals surface area contributed by atoms with Crippen LogP contribution in [0.25, 0.3) is 0 Å². The van der Waals surface area contributed by atoms with E-state index in [1.54, 1.807) is 0 Å². The second-order valence-electron chi connectivity index (χ2n) is 4.25. The van der Waals surface area contributed by atoms with Crippen LogP contribution < -0.4 is 5.32 Å². The first-order valence-electron chi connectivity index (χ1n) is 6.26. The maximum atomic E-state index is 9.10. The van der Waals surface area contributed by atoms with Crippen molar-refractivity contribution in [1.29, 1.82) is 0 Å². The summed E-state index contributed by atoms with van der Waals surface area (Å²) in [7, 11) is 0. The number of rotatable bonds is 3. The minimum absolute atomic E-state index is 0.752. The Bertz CT molecular complexity index is 635. The van der Waals surface area contributed by atoms with Gasteiger partial charge in [0.25, 0.3) is 0 Å². The van der Waals surface area contributed by atoms with Gasteiger partial charge in [-0.3, -0.25) is 4.98 Å². The number of pyridine rings is 1. The predicted octanol–water partition coefficient (Wildman–Crippen LogP) is 2.92. The fraction of sp³-hybridized carbons (Fsp3) is 0.133. The molecule has 0 spiro atoms. The zero-order chi connectivity index (χ0) is 16.5. The Balaban J connectivity index is 0.000000346. The first-order valence-corrected chi connectivity index (χ1v) is 7.05. The number of nitrogens with zero attached hydrogens (tertiary/aromatic N) is 1. The second kappa shape index (κ2) is 8.78. The molecule has 7 heteroatoms. The molecule has 2 aromatic rings. The zero-order valence-corrected chi connectivity index (χ0v) is 13.4. The Morgan fingerprint density at radius 2 is 1.86 bits per heavy atom. The summed E-state index contributed by atoms with van der Waals surface area (Å²) in [4.78, 5) is 22.5. The molecule has 1 heterocycles. The number of benzene rings is 1. The van der Waals surface area contributed by atoms with Gasteiger partial charge in [-0.15, -0.1) is 0 Å². The number of hydrogen-bond acceptors (Lipinski definition) is 4. The normalized spacial score (nSPS) is 9.36. The van der Waals surface area contributed by atoms with Crippen LogP contribution in [0.4, 0.5) is 5.69 Å². The molecule has 0 aliphatic rings. The van der Waals surface area contributed by atoms with Gasteiger partial charge in [0.15, 0.2) is 0 Å². The van der Waals surface area contributed by atoms with E-state index in [-0.39, 0.29) is 0 Å². The maximum absolute atomic E-state index is 9.10. The van der Waals surface area contributed by atoms with Gasteiger partial charge in [0, 0.05) is 16.4 Å². The number of anilines is 1. The van der Waals surface area contributed by atoms with Gasteiger partial charge in [-0.2, -0.15) is 0 Å². The molecule has 0 bridgehead atoms. The molecule has 6 nitrogen and oxygen atoms in total. The van der Waals surface area contributed by atoms with Crippen LogP contribution in [-0.2, 0) is 16.1 Å². The molecule has 22 heavy (non-hydrogen) atoms. The Kier molecular flexibility index (Phi) is 7.04.